The molecule has 0 radical (unpaired) electrons. The van der Waals surface area contributed by atoms with Crippen LogP contribution in [-0.4, -0.2) is 21.9 Å². The lowest BCUT2D eigenvalue weighted by molar-refractivity contribution is 0.147. The summed E-state index contributed by atoms with van der Waals surface area (Å²) >= 11 is -1.14. The highest BCUT2D eigenvalue weighted by molar-refractivity contribution is 7.90. The van der Waals surface area contributed by atoms with Gasteiger partial charge in [-0.25, -0.2) is 4.79 Å². The van der Waals surface area contributed by atoms with Gasteiger partial charge in [-0.2, -0.15) is 0 Å². The molecule has 0 spiro atoms. The zero-order valence-electron chi connectivity index (χ0n) is 16.9. The van der Waals surface area contributed by atoms with Gasteiger partial charge in [-0.3, -0.25) is 4.90 Å². The van der Waals surface area contributed by atoms with Gasteiger partial charge in [0.05, 0.1) is 11.7 Å². The highest BCUT2D eigenvalue weighted by atomic mass is 32.2. The van der Waals surface area contributed by atoms with E-state index in [1.807, 2.05) is 70.2 Å². The van der Waals surface area contributed by atoms with Gasteiger partial charge >= 0.3 is 6.09 Å². The zero-order valence-corrected chi connectivity index (χ0v) is 17.7. The average Bonchev–Trinajstić information content (AvgIpc) is 3.09. The van der Waals surface area contributed by atoms with E-state index in [2.05, 4.69) is 10.8 Å². The fourth-order valence-electron chi connectivity index (χ4n) is 3.08. The first-order chi connectivity index (χ1) is 13.3. The summed E-state index contributed by atoms with van der Waals surface area (Å²) in [6, 6.07) is 15.7. The van der Waals surface area contributed by atoms with Crippen molar-refractivity contribution >= 4 is 23.1 Å². The van der Waals surface area contributed by atoms with Crippen LogP contribution < -0.4 is 9.62 Å². The van der Waals surface area contributed by atoms with Crippen LogP contribution in [0, 0.1) is 0 Å². The standard InChI is InChI=1S/C22H28N2O3S/c1-16(23-28(26)22(2,3)4)18-10-11-20-19(14-18)12-13-24(20)21(25)27-15-17-8-6-5-7-9-17/h5-11,14,16,23H,12-13,15H2,1-4H3/t16-,28-/m0/s1. The number of amides is 1. The molecule has 2 atom stereocenters. The number of anilines is 1. The van der Waals surface area contributed by atoms with Crippen molar-refractivity contribution in [2.75, 3.05) is 11.4 Å². The van der Waals surface area contributed by atoms with E-state index in [0.29, 0.717) is 6.54 Å². The van der Waals surface area contributed by atoms with Crippen LogP contribution in [0.2, 0.25) is 0 Å². The molecule has 0 saturated carbocycles. The van der Waals surface area contributed by atoms with Crippen LogP contribution in [0.3, 0.4) is 0 Å². The minimum atomic E-state index is -1.14. The summed E-state index contributed by atoms with van der Waals surface area (Å²) in [4.78, 5) is 14.2. The maximum absolute atomic E-state index is 12.5. The SMILES string of the molecule is C[C@H](N[S@@+]([O-])C(C)(C)C)c1ccc2c(c1)CCN2C(=O)OCc1ccccc1. The summed E-state index contributed by atoms with van der Waals surface area (Å²) in [7, 11) is 0. The van der Waals surface area contributed by atoms with Gasteiger partial charge in [0.2, 0.25) is 0 Å². The van der Waals surface area contributed by atoms with E-state index in [1.165, 1.54) is 0 Å². The van der Waals surface area contributed by atoms with Crippen LogP contribution >= 0.6 is 0 Å². The van der Waals surface area contributed by atoms with Gasteiger partial charge in [0.1, 0.15) is 11.4 Å². The fraction of sp³-hybridized carbons (Fsp3) is 0.409. The molecule has 0 saturated heterocycles. The molecule has 0 fully saturated rings. The molecule has 3 rings (SSSR count). The third kappa shape index (κ3) is 4.87. The lowest BCUT2D eigenvalue weighted by Crippen LogP contribution is -2.40. The van der Waals surface area contributed by atoms with Crippen LogP contribution in [-0.2, 0) is 29.1 Å². The van der Waals surface area contributed by atoms with Crippen molar-refractivity contribution in [1.82, 2.24) is 4.72 Å². The van der Waals surface area contributed by atoms with Gasteiger partial charge in [-0.15, -0.1) is 4.72 Å². The molecule has 150 valence electrons. The lowest BCUT2D eigenvalue weighted by atomic mass is 10.0. The van der Waals surface area contributed by atoms with Crippen molar-refractivity contribution in [3.63, 3.8) is 0 Å². The largest absolute Gasteiger partial charge is 0.598 e. The average molecular weight is 401 g/mol. The Morgan fingerprint density at radius 1 is 1.25 bits per heavy atom. The number of fused-ring (bicyclic) bond motifs is 1. The second-order valence-electron chi connectivity index (χ2n) is 8.05. The van der Waals surface area contributed by atoms with Crippen molar-refractivity contribution < 1.29 is 14.1 Å². The number of benzene rings is 2. The second-order valence-corrected chi connectivity index (χ2v) is 10.0. The Bertz CT molecular complexity index is 820. The van der Waals surface area contributed by atoms with Crippen LogP contribution in [0.1, 0.15) is 50.4 Å². The molecule has 0 bridgehead atoms. The molecule has 1 aliphatic rings. The van der Waals surface area contributed by atoms with Gasteiger partial charge in [0, 0.05) is 17.9 Å². The third-order valence-electron chi connectivity index (χ3n) is 4.76. The van der Waals surface area contributed by atoms with Crippen LogP contribution in [0.25, 0.3) is 0 Å². The molecule has 2 aromatic carbocycles. The van der Waals surface area contributed by atoms with Gasteiger partial charge < -0.3 is 9.29 Å². The van der Waals surface area contributed by atoms with E-state index in [1.54, 1.807) is 4.90 Å². The molecule has 0 aliphatic carbocycles. The second kappa shape index (κ2) is 8.55. The van der Waals surface area contributed by atoms with Gasteiger partial charge in [-0.1, -0.05) is 42.5 Å². The van der Waals surface area contributed by atoms with Crippen LogP contribution in [0.4, 0.5) is 10.5 Å². The predicted octanol–water partition coefficient (Wildman–Crippen LogP) is 4.50. The molecule has 1 aliphatic heterocycles. The first-order valence-corrected chi connectivity index (χ1v) is 10.7. The Kier molecular flexibility index (Phi) is 6.33. The third-order valence-corrected chi connectivity index (χ3v) is 6.44. The molecule has 0 unspecified atom stereocenters. The van der Waals surface area contributed by atoms with E-state index >= 15 is 0 Å². The number of carbonyl (C=O) groups excluding carboxylic acids is 1. The molecule has 1 heterocycles. The lowest BCUT2D eigenvalue weighted by Gasteiger charge is -2.26. The highest BCUT2D eigenvalue weighted by Gasteiger charge is 2.30. The summed E-state index contributed by atoms with van der Waals surface area (Å²) < 4.78 is 20.7. The fourth-order valence-corrected chi connectivity index (χ4v) is 3.89. The molecule has 28 heavy (non-hydrogen) atoms. The quantitative estimate of drug-likeness (QED) is 0.751. The molecule has 0 aromatic heterocycles. The van der Waals surface area contributed by atoms with Crippen molar-refractivity contribution in [2.24, 2.45) is 0 Å². The number of ether oxygens (including phenoxy) is 1. The summed E-state index contributed by atoms with van der Waals surface area (Å²) in [5, 5.41) is 0. The van der Waals surface area contributed by atoms with Gasteiger partial charge in [0.25, 0.3) is 0 Å². The van der Waals surface area contributed by atoms with Gasteiger partial charge in [-0.05, 0) is 56.9 Å². The highest BCUT2D eigenvalue weighted by Crippen LogP contribution is 2.31. The summed E-state index contributed by atoms with van der Waals surface area (Å²) in [6.45, 7) is 8.73. The minimum absolute atomic E-state index is 0.0376. The monoisotopic (exact) mass is 400 g/mol. The van der Waals surface area contributed by atoms with E-state index in [0.717, 1.165) is 28.8 Å². The minimum Gasteiger partial charge on any atom is -0.598 e. The number of hydrogen-bond donors (Lipinski definition) is 1. The van der Waals surface area contributed by atoms with E-state index < -0.39 is 11.4 Å². The Hall–Kier alpha value is -2.02. The first kappa shape index (κ1) is 20.7. The Balaban J connectivity index is 1.64. The molecular weight excluding hydrogens is 372 g/mol. The maximum Gasteiger partial charge on any atom is 0.414 e. The van der Waals surface area contributed by atoms with Crippen molar-refractivity contribution in [3.8, 4) is 0 Å². The molecular formula is C22H28N2O3S. The Morgan fingerprint density at radius 3 is 2.64 bits per heavy atom. The maximum atomic E-state index is 12.5. The van der Waals surface area contributed by atoms with E-state index in [4.69, 9.17) is 4.74 Å². The zero-order chi connectivity index (χ0) is 20.3. The van der Waals surface area contributed by atoms with Crippen molar-refractivity contribution in [1.29, 1.82) is 0 Å². The number of nitrogens with zero attached hydrogens (tertiary/aromatic N) is 1. The molecule has 5 nitrogen and oxygen atoms in total. The van der Waals surface area contributed by atoms with E-state index in [9.17, 15) is 9.35 Å². The smallest absolute Gasteiger partial charge is 0.414 e. The molecule has 6 heteroatoms. The summed E-state index contributed by atoms with van der Waals surface area (Å²) in [6.07, 6.45) is 0.467. The van der Waals surface area contributed by atoms with Gasteiger partial charge in [0.15, 0.2) is 0 Å². The Labute approximate surface area is 170 Å². The predicted molar refractivity (Wildman–Crippen MR) is 114 cm³/mol. The van der Waals surface area contributed by atoms with E-state index in [-0.39, 0.29) is 23.5 Å². The number of hydrogen-bond acceptors (Lipinski definition) is 4. The molecule has 1 amide bonds. The van der Waals surface area contributed by atoms with Crippen LogP contribution in [0.5, 0.6) is 0 Å². The topological polar surface area (TPSA) is 64.6 Å². The number of nitrogens with one attached hydrogen (secondary N) is 1. The normalized spacial score (nSPS) is 15.8. The van der Waals surface area contributed by atoms with Crippen LogP contribution in [0.15, 0.2) is 48.5 Å². The Morgan fingerprint density at radius 2 is 1.96 bits per heavy atom. The summed E-state index contributed by atoms with van der Waals surface area (Å²) in [5.74, 6) is 0. The number of carbonyl (C=O) groups is 1. The number of rotatable bonds is 5. The molecule has 2 aromatic rings. The van der Waals surface area contributed by atoms with Crippen molar-refractivity contribution in [2.45, 2.75) is 51.5 Å². The van der Waals surface area contributed by atoms with Crippen molar-refractivity contribution in [3.05, 3.63) is 65.2 Å². The summed E-state index contributed by atoms with van der Waals surface area (Å²) in [5.41, 5.74) is 4.04. The molecule has 1 N–H and O–H groups in total. The first-order valence-electron chi connectivity index (χ1n) is 9.55.